The first-order valence-electron chi connectivity index (χ1n) is 9.14. The highest BCUT2D eigenvalue weighted by molar-refractivity contribution is 5.80. The monoisotopic (exact) mass is 377 g/mol. The highest BCUT2D eigenvalue weighted by Crippen LogP contribution is 2.19. The molecule has 148 valence electrons. The number of halogens is 2. The average Bonchev–Trinajstić information content (AvgIpc) is 2.84. The van der Waals surface area contributed by atoms with Crippen LogP contribution in [0.5, 0.6) is 0 Å². The predicted octanol–water partition coefficient (Wildman–Crippen LogP) is 3.21. The molecule has 0 spiro atoms. The molecule has 2 atom stereocenters. The molecular formula is C20H29F2N5. The number of aliphatic imine (C=N–C) groups is 1. The zero-order valence-electron chi connectivity index (χ0n) is 16.9. The van der Waals surface area contributed by atoms with Gasteiger partial charge < -0.3 is 10.6 Å². The van der Waals surface area contributed by atoms with E-state index in [1.165, 1.54) is 17.7 Å². The van der Waals surface area contributed by atoms with E-state index < -0.39 is 11.6 Å². The summed E-state index contributed by atoms with van der Waals surface area (Å²) in [5, 5.41) is 11.0. The highest BCUT2D eigenvalue weighted by atomic mass is 19.1. The van der Waals surface area contributed by atoms with E-state index in [1.807, 2.05) is 25.6 Å². The lowest BCUT2D eigenvalue weighted by atomic mass is 10.0. The molecule has 7 heteroatoms. The largest absolute Gasteiger partial charge is 0.356 e. The Kier molecular flexibility index (Phi) is 6.93. The van der Waals surface area contributed by atoms with Crippen LogP contribution in [0.25, 0.3) is 0 Å². The minimum absolute atomic E-state index is 0.123. The SMILES string of the molecule is CN=C(NCC(C)c1ccc(F)cc1F)NC(C)Cc1c(C)nn(C)c1C. The summed E-state index contributed by atoms with van der Waals surface area (Å²) in [7, 11) is 3.64. The number of rotatable bonds is 6. The number of nitrogens with zero attached hydrogens (tertiary/aromatic N) is 3. The minimum Gasteiger partial charge on any atom is -0.356 e. The van der Waals surface area contributed by atoms with Gasteiger partial charge in [0.15, 0.2) is 5.96 Å². The normalized spacial score (nSPS) is 14.1. The number of aromatic nitrogens is 2. The molecular weight excluding hydrogens is 348 g/mol. The first kappa shape index (κ1) is 20.9. The maximum absolute atomic E-state index is 13.9. The van der Waals surface area contributed by atoms with Crippen LogP contribution in [0.4, 0.5) is 8.78 Å². The lowest BCUT2D eigenvalue weighted by molar-refractivity contribution is 0.554. The van der Waals surface area contributed by atoms with E-state index in [-0.39, 0.29) is 12.0 Å². The number of hydrogen-bond acceptors (Lipinski definition) is 2. The Labute approximate surface area is 159 Å². The molecule has 2 N–H and O–H groups in total. The average molecular weight is 377 g/mol. The zero-order valence-corrected chi connectivity index (χ0v) is 16.9. The van der Waals surface area contributed by atoms with Crippen LogP contribution in [-0.2, 0) is 13.5 Å². The third-order valence-corrected chi connectivity index (χ3v) is 4.85. The fourth-order valence-electron chi connectivity index (χ4n) is 3.16. The molecule has 1 aromatic heterocycles. The Morgan fingerprint density at radius 2 is 1.96 bits per heavy atom. The lowest BCUT2D eigenvalue weighted by Gasteiger charge is -2.20. The zero-order chi connectivity index (χ0) is 20.1. The summed E-state index contributed by atoms with van der Waals surface area (Å²) in [6, 6.07) is 3.84. The van der Waals surface area contributed by atoms with Crippen molar-refractivity contribution in [3.63, 3.8) is 0 Å². The number of nitrogens with one attached hydrogen (secondary N) is 2. The van der Waals surface area contributed by atoms with Gasteiger partial charge in [-0.15, -0.1) is 0 Å². The summed E-state index contributed by atoms with van der Waals surface area (Å²) < 4.78 is 28.9. The number of guanidine groups is 1. The molecule has 5 nitrogen and oxygen atoms in total. The minimum atomic E-state index is -0.566. The molecule has 1 heterocycles. The second kappa shape index (κ2) is 8.97. The quantitative estimate of drug-likeness (QED) is 0.600. The van der Waals surface area contributed by atoms with Crippen LogP contribution >= 0.6 is 0 Å². The summed E-state index contributed by atoms with van der Waals surface area (Å²) in [5.41, 5.74) is 3.90. The summed E-state index contributed by atoms with van der Waals surface area (Å²) in [5.74, 6) is -0.565. The molecule has 0 amide bonds. The Bertz CT molecular complexity index is 813. The Balaban J connectivity index is 1.93. The van der Waals surface area contributed by atoms with Crippen LogP contribution in [0.15, 0.2) is 23.2 Å². The lowest BCUT2D eigenvalue weighted by Crippen LogP contribution is -2.44. The highest BCUT2D eigenvalue weighted by Gasteiger charge is 2.15. The maximum Gasteiger partial charge on any atom is 0.191 e. The molecule has 0 aliphatic carbocycles. The second-order valence-electron chi connectivity index (χ2n) is 7.04. The van der Waals surface area contributed by atoms with Gasteiger partial charge in [-0.3, -0.25) is 9.67 Å². The predicted molar refractivity (Wildman–Crippen MR) is 105 cm³/mol. The summed E-state index contributed by atoms with van der Waals surface area (Å²) >= 11 is 0. The molecule has 1 aromatic carbocycles. The van der Waals surface area contributed by atoms with Crippen molar-refractivity contribution in [1.82, 2.24) is 20.4 Å². The summed E-state index contributed by atoms with van der Waals surface area (Å²) in [4.78, 5) is 4.24. The second-order valence-corrected chi connectivity index (χ2v) is 7.04. The first-order chi connectivity index (χ1) is 12.7. The van der Waals surface area contributed by atoms with Gasteiger partial charge in [0.05, 0.1) is 5.69 Å². The van der Waals surface area contributed by atoms with Crippen LogP contribution in [0, 0.1) is 25.5 Å². The molecule has 0 saturated heterocycles. The van der Waals surface area contributed by atoms with E-state index in [0.29, 0.717) is 18.1 Å². The van der Waals surface area contributed by atoms with Gasteiger partial charge in [0.2, 0.25) is 0 Å². The molecule has 0 radical (unpaired) electrons. The first-order valence-corrected chi connectivity index (χ1v) is 9.14. The molecule has 0 aliphatic heterocycles. The van der Waals surface area contributed by atoms with Gasteiger partial charge in [-0.05, 0) is 44.4 Å². The third-order valence-electron chi connectivity index (χ3n) is 4.85. The van der Waals surface area contributed by atoms with Gasteiger partial charge in [0.25, 0.3) is 0 Å². The van der Waals surface area contributed by atoms with Crippen molar-refractivity contribution in [1.29, 1.82) is 0 Å². The van der Waals surface area contributed by atoms with E-state index in [9.17, 15) is 8.78 Å². The van der Waals surface area contributed by atoms with Crippen molar-refractivity contribution < 1.29 is 8.78 Å². The van der Waals surface area contributed by atoms with E-state index in [0.717, 1.165) is 23.9 Å². The van der Waals surface area contributed by atoms with Crippen molar-refractivity contribution in [2.45, 2.75) is 46.1 Å². The fourth-order valence-corrected chi connectivity index (χ4v) is 3.16. The molecule has 0 fully saturated rings. The third kappa shape index (κ3) is 5.28. The van der Waals surface area contributed by atoms with Crippen LogP contribution in [0.2, 0.25) is 0 Å². The van der Waals surface area contributed by atoms with Gasteiger partial charge in [-0.25, -0.2) is 8.78 Å². The Hall–Kier alpha value is -2.44. The van der Waals surface area contributed by atoms with Crippen LogP contribution in [0.3, 0.4) is 0 Å². The van der Waals surface area contributed by atoms with Crippen molar-refractivity contribution in [3.8, 4) is 0 Å². The van der Waals surface area contributed by atoms with Crippen molar-refractivity contribution in [2.75, 3.05) is 13.6 Å². The fraction of sp³-hybridized carbons (Fsp3) is 0.500. The van der Waals surface area contributed by atoms with E-state index >= 15 is 0 Å². The van der Waals surface area contributed by atoms with Crippen molar-refractivity contribution in [3.05, 3.63) is 52.3 Å². The number of benzene rings is 1. The topological polar surface area (TPSA) is 54.2 Å². The van der Waals surface area contributed by atoms with Gasteiger partial charge in [0, 0.05) is 44.4 Å². The molecule has 27 heavy (non-hydrogen) atoms. The van der Waals surface area contributed by atoms with Gasteiger partial charge in [0.1, 0.15) is 11.6 Å². The van der Waals surface area contributed by atoms with Crippen LogP contribution in [0.1, 0.15) is 42.3 Å². The number of hydrogen-bond donors (Lipinski definition) is 2. The summed E-state index contributed by atoms with van der Waals surface area (Å²) in [6.45, 7) is 8.54. The molecule has 0 saturated carbocycles. The molecule has 0 bridgehead atoms. The summed E-state index contributed by atoms with van der Waals surface area (Å²) in [6.07, 6.45) is 0.828. The van der Waals surface area contributed by atoms with Crippen molar-refractivity contribution in [2.24, 2.45) is 12.0 Å². The van der Waals surface area contributed by atoms with Crippen LogP contribution in [-0.4, -0.2) is 35.4 Å². The van der Waals surface area contributed by atoms with E-state index in [1.54, 1.807) is 7.05 Å². The smallest absolute Gasteiger partial charge is 0.191 e. The molecule has 2 rings (SSSR count). The molecule has 2 aromatic rings. The molecule has 0 aliphatic rings. The van der Waals surface area contributed by atoms with Crippen LogP contribution < -0.4 is 10.6 Å². The van der Waals surface area contributed by atoms with Gasteiger partial charge >= 0.3 is 0 Å². The molecule has 2 unspecified atom stereocenters. The number of aryl methyl sites for hydroxylation is 2. The van der Waals surface area contributed by atoms with E-state index in [2.05, 4.69) is 34.6 Å². The van der Waals surface area contributed by atoms with Gasteiger partial charge in [-0.2, -0.15) is 5.10 Å². The maximum atomic E-state index is 13.9. The Morgan fingerprint density at radius 1 is 1.26 bits per heavy atom. The standard InChI is InChI=1S/C20H29F2N5/c1-12(17-8-7-16(21)10-19(17)22)11-24-20(23-5)25-13(2)9-18-14(3)26-27(6)15(18)4/h7-8,10,12-13H,9,11H2,1-6H3,(H2,23,24,25). The van der Waals surface area contributed by atoms with E-state index in [4.69, 9.17) is 0 Å². The van der Waals surface area contributed by atoms with Gasteiger partial charge in [-0.1, -0.05) is 13.0 Å². The van der Waals surface area contributed by atoms with Crippen molar-refractivity contribution >= 4 is 5.96 Å². The Morgan fingerprint density at radius 3 is 2.52 bits per heavy atom.